The molecule has 0 spiro atoms. The minimum atomic E-state index is -0.372. The summed E-state index contributed by atoms with van der Waals surface area (Å²) in [6.45, 7) is 6.51. The molecule has 1 fully saturated rings. The molecule has 3 aromatic rings. The van der Waals surface area contributed by atoms with Crippen LogP contribution in [0.15, 0.2) is 47.0 Å². The van der Waals surface area contributed by atoms with Gasteiger partial charge in [-0.25, -0.2) is 9.78 Å². The van der Waals surface area contributed by atoms with Crippen LogP contribution >= 0.6 is 0 Å². The van der Waals surface area contributed by atoms with Crippen LogP contribution in [-0.2, 0) is 4.74 Å². The van der Waals surface area contributed by atoms with E-state index in [2.05, 4.69) is 9.88 Å². The number of hydrogen-bond donors (Lipinski definition) is 0. The molecular weight excluding hydrogens is 370 g/mol. The first-order valence-electron chi connectivity index (χ1n) is 9.74. The lowest BCUT2D eigenvalue weighted by molar-refractivity contribution is 0.0525. The summed E-state index contributed by atoms with van der Waals surface area (Å²) in [5.74, 6) is 0.744. The average molecular weight is 393 g/mol. The molecule has 7 nitrogen and oxygen atoms in total. The number of amides is 1. The maximum absolute atomic E-state index is 13.0. The molecule has 0 aliphatic carbocycles. The molecule has 2 aromatic heterocycles. The monoisotopic (exact) mass is 393 g/mol. The Morgan fingerprint density at radius 1 is 1.10 bits per heavy atom. The Bertz CT molecular complexity index is 1030. The number of para-hydroxylation sites is 1. The summed E-state index contributed by atoms with van der Waals surface area (Å²) in [6.07, 6.45) is 1.53. The highest BCUT2D eigenvalue weighted by molar-refractivity contribution is 5.99. The number of piperazine rings is 1. The molecule has 150 valence electrons. The van der Waals surface area contributed by atoms with Crippen molar-refractivity contribution < 1.29 is 18.7 Å². The minimum absolute atomic E-state index is 0.0797. The minimum Gasteiger partial charge on any atom is -0.462 e. The number of carbonyl (C=O) groups is 2. The van der Waals surface area contributed by atoms with Crippen molar-refractivity contribution in [1.29, 1.82) is 0 Å². The van der Waals surface area contributed by atoms with E-state index >= 15 is 0 Å². The summed E-state index contributed by atoms with van der Waals surface area (Å²) in [7, 11) is 0. The Balaban J connectivity index is 1.42. The van der Waals surface area contributed by atoms with Gasteiger partial charge in [0.1, 0.15) is 11.4 Å². The van der Waals surface area contributed by atoms with E-state index in [-0.39, 0.29) is 11.9 Å². The SMILES string of the molecule is CCOC(=O)c1ccc(N2CCN(C(=O)c3oc4ccccc4c3C)CC2)nc1. The molecule has 29 heavy (non-hydrogen) atoms. The van der Waals surface area contributed by atoms with Crippen LogP contribution in [0.25, 0.3) is 11.0 Å². The summed E-state index contributed by atoms with van der Waals surface area (Å²) >= 11 is 0. The Morgan fingerprint density at radius 2 is 1.86 bits per heavy atom. The van der Waals surface area contributed by atoms with Gasteiger partial charge in [-0.15, -0.1) is 0 Å². The third-order valence-electron chi connectivity index (χ3n) is 5.19. The van der Waals surface area contributed by atoms with Crippen LogP contribution in [0, 0.1) is 6.92 Å². The third-order valence-corrected chi connectivity index (χ3v) is 5.19. The van der Waals surface area contributed by atoms with Crippen molar-refractivity contribution in [2.24, 2.45) is 0 Å². The van der Waals surface area contributed by atoms with Crippen LogP contribution in [0.2, 0.25) is 0 Å². The van der Waals surface area contributed by atoms with E-state index in [1.54, 1.807) is 13.0 Å². The van der Waals surface area contributed by atoms with Gasteiger partial charge in [0.2, 0.25) is 0 Å². The molecule has 1 saturated heterocycles. The molecule has 7 heteroatoms. The number of pyridine rings is 1. The van der Waals surface area contributed by atoms with E-state index in [4.69, 9.17) is 9.15 Å². The van der Waals surface area contributed by atoms with Crippen molar-refractivity contribution in [1.82, 2.24) is 9.88 Å². The fraction of sp³-hybridized carbons (Fsp3) is 0.318. The van der Waals surface area contributed by atoms with Gasteiger partial charge in [0.25, 0.3) is 5.91 Å². The molecule has 4 rings (SSSR count). The summed E-state index contributed by atoms with van der Waals surface area (Å²) < 4.78 is 10.8. The zero-order valence-electron chi connectivity index (χ0n) is 16.6. The van der Waals surface area contributed by atoms with Crippen LogP contribution in [0.3, 0.4) is 0 Å². The number of rotatable bonds is 4. The lowest BCUT2D eigenvalue weighted by Crippen LogP contribution is -2.49. The molecule has 0 bridgehead atoms. The fourth-order valence-electron chi connectivity index (χ4n) is 3.57. The van der Waals surface area contributed by atoms with Gasteiger partial charge in [0, 0.05) is 43.3 Å². The largest absolute Gasteiger partial charge is 0.462 e. The first-order chi connectivity index (χ1) is 14.1. The van der Waals surface area contributed by atoms with Crippen molar-refractivity contribution in [3.05, 3.63) is 59.5 Å². The molecule has 0 atom stereocenters. The quantitative estimate of drug-likeness (QED) is 0.633. The summed E-state index contributed by atoms with van der Waals surface area (Å²) in [6, 6.07) is 11.2. The number of aryl methyl sites for hydroxylation is 1. The van der Waals surface area contributed by atoms with Crippen LogP contribution in [-0.4, -0.2) is 54.5 Å². The molecule has 1 amide bonds. The average Bonchev–Trinajstić information content (AvgIpc) is 3.10. The van der Waals surface area contributed by atoms with Crippen LogP contribution in [0.5, 0.6) is 0 Å². The molecule has 0 unspecified atom stereocenters. The van der Waals surface area contributed by atoms with Crippen LogP contribution in [0.1, 0.15) is 33.4 Å². The molecular formula is C22H23N3O4. The fourth-order valence-corrected chi connectivity index (χ4v) is 3.57. The second-order valence-electron chi connectivity index (χ2n) is 6.96. The first-order valence-corrected chi connectivity index (χ1v) is 9.74. The van der Waals surface area contributed by atoms with E-state index in [0.29, 0.717) is 44.1 Å². The number of fused-ring (bicyclic) bond motifs is 1. The molecule has 3 heterocycles. The molecule has 1 aliphatic rings. The van der Waals surface area contributed by atoms with Crippen molar-refractivity contribution in [3.8, 4) is 0 Å². The van der Waals surface area contributed by atoms with Crippen LogP contribution < -0.4 is 4.90 Å². The number of furan rings is 1. The van der Waals surface area contributed by atoms with E-state index in [0.717, 1.165) is 22.4 Å². The predicted molar refractivity (Wildman–Crippen MR) is 109 cm³/mol. The maximum atomic E-state index is 13.0. The standard InChI is InChI=1S/C22H23N3O4/c1-3-28-22(27)16-8-9-19(23-14-16)24-10-12-25(13-11-24)21(26)20-15(2)17-6-4-5-7-18(17)29-20/h4-9,14H,3,10-13H2,1-2H3. The molecule has 0 radical (unpaired) electrons. The highest BCUT2D eigenvalue weighted by Gasteiger charge is 2.27. The summed E-state index contributed by atoms with van der Waals surface area (Å²) in [5.41, 5.74) is 2.05. The van der Waals surface area contributed by atoms with Gasteiger partial charge in [0.05, 0.1) is 12.2 Å². The molecule has 0 N–H and O–H groups in total. The number of ether oxygens (including phenoxy) is 1. The normalized spacial score (nSPS) is 14.3. The van der Waals surface area contributed by atoms with Crippen molar-refractivity contribution in [2.45, 2.75) is 13.8 Å². The lowest BCUT2D eigenvalue weighted by atomic mass is 10.1. The van der Waals surface area contributed by atoms with Gasteiger partial charge >= 0.3 is 5.97 Å². The Kier molecular flexibility index (Phi) is 5.20. The molecule has 1 aromatic carbocycles. The first kappa shape index (κ1) is 19.0. The zero-order valence-corrected chi connectivity index (χ0v) is 16.6. The second kappa shape index (κ2) is 7.95. The van der Waals surface area contributed by atoms with Gasteiger partial charge in [-0.1, -0.05) is 18.2 Å². The number of hydrogen-bond acceptors (Lipinski definition) is 6. The third kappa shape index (κ3) is 3.68. The van der Waals surface area contributed by atoms with E-state index < -0.39 is 0 Å². The number of carbonyl (C=O) groups excluding carboxylic acids is 2. The maximum Gasteiger partial charge on any atom is 0.339 e. The van der Waals surface area contributed by atoms with Gasteiger partial charge in [-0.05, 0) is 32.0 Å². The van der Waals surface area contributed by atoms with Gasteiger partial charge in [0.15, 0.2) is 5.76 Å². The number of aromatic nitrogens is 1. The summed E-state index contributed by atoms with van der Waals surface area (Å²) in [5, 5.41) is 0.973. The molecule has 1 aliphatic heterocycles. The number of nitrogens with zero attached hydrogens (tertiary/aromatic N) is 3. The van der Waals surface area contributed by atoms with Crippen LogP contribution in [0.4, 0.5) is 5.82 Å². The molecule has 0 saturated carbocycles. The van der Waals surface area contributed by atoms with E-state index in [9.17, 15) is 9.59 Å². The lowest BCUT2D eigenvalue weighted by Gasteiger charge is -2.35. The highest BCUT2D eigenvalue weighted by Crippen LogP contribution is 2.26. The van der Waals surface area contributed by atoms with Crippen molar-refractivity contribution in [2.75, 3.05) is 37.7 Å². The van der Waals surface area contributed by atoms with Gasteiger partial charge in [-0.2, -0.15) is 0 Å². The Hall–Kier alpha value is -3.35. The van der Waals surface area contributed by atoms with E-state index in [1.165, 1.54) is 6.20 Å². The number of anilines is 1. The topological polar surface area (TPSA) is 75.9 Å². The number of benzene rings is 1. The van der Waals surface area contributed by atoms with Gasteiger partial charge < -0.3 is 19.0 Å². The van der Waals surface area contributed by atoms with Gasteiger partial charge in [-0.3, -0.25) is 4.79 Å². The summed E-state index contributed by atoms with van der Waals surface area (Å²) in [4.78, 5) is 33.0. The van der Waals surface area contributed by atoms with Crippen molar-refractivity contribution in [3.63, 3.8) is 0 Å². The Labute approximate surface area is 168 Å². The van der Waals surface area contributed by atoms with E-state index in [1.807, 2.05) is 42.2 Å². The number of esters is 1. The second-order valence-corrected chi connectivity index (χ2v) is 6.96. The smallest absolute Gasteiger partial charge is 0.339 e. The Morgan fingerprint density at radius 3 is 2.52 bits per heavy atom. The highest BCUT2D eigenvalue weighted by atomic mass is 16.5. The predicted octanol–water partition coefficient (Wildman–Crippen LogP) is 3.28. The zero-order chi connectivity index (χ0) is 20.4. The van der Waals surface area contributed by atoms with Crippen molar-refractivity contribution >= 4 is 28.7 Å².